The van der Waals surface area contributed by atoms with Crippen LogP contribution in [0.1, 0.15) is 33.1 Å². The van der Waals surface area contributed by atoms with Gasteiger partial charge in [-0.1, -0.05) is 19.9 Å². The second-order valence-electron chi connectivity index (χ2n) is 5.51. The highest BCUT2D eigenvalue weighted by Crippen LogP contribution is 2.45. The number of allylic oxidation sites excluding steroid dienone is 2. The van der Waals surface area contributed by atoms with Gasteiger partial charge in [-0.05, 0) is 42.7 Å². The third-order valence-electron chi connectivity index (χ3n) is 3.38. The van der Waals surface area contributed by atoms with Gasteiger partial charge in [0.2, 0.25) is 0 Å². The molecule has 1 aliphatic rings. The molecule has 1 aliphatic carbocycles. The number of aldehydes is 1. The third-order valence-corrected chi connectivity index (χ3v) is 3.38. The Hall–Kier alpha value is -0.670. The molecule has 0 radical (unpaired) electrons. The lowest BCUT2D eigenvalue weighted by Crippen LogP contribution is -2.45. The maximum absolute atomic E-state index is 10.4. The quantitative estimate of drug-likeness (QED) is 0.543. The lowest BCUT2D eigenvalue weighted by atomic mass is 9.62. The van der Waals surface area contributed by atoms with Crippen molar-refractivity contribution in [2.75, 3.05) is 6.54 Å². The summed E-state index contributed by atoms with van der Waals surface area (Å²) < 4.78 is 0. The Morgan fingerprint density at radius 1 is 1.40 bits per heavy atom. The summed E-state index contributed by atoms with van der Waals surface area (Å²) in [6.07, 6.45) is 7.31. The molecule has 15 heavy (non-hydrogen) atoms. The predicted octanol–water partition coefficient (Wildman–Crippen LogP) is 1.22. The summed E-state index contributed by atoms with van der Waals surface area (Å²) in [6, 6.07) is 0.189. The van der Waals surface area contributed by atoms with Crippen LogP contribution in [-0.4, -0.2) is 18.9 Å². The van der Waals surface area contributed by atoms with Gasteiger partial charge in [0.15, 0.2) is 0 Å². The first-order valence-corrected chi connectivity index (χ1v) is 5.52. The largest absolute Gasteiger partial charge is 0.330 e. The fourth-order valence-corrected chi connectivity index (χ4v) is 2.98. The smallest absolute Gasteiger partial charge is 0.142 e. The van der Waals surface area contributed by atoms with Crippen LogP contribution < -0.4 is 11.5 Å². The first kappa shape index (κ1) is 12.4. The number of hydrogen-bond donors (Lipinski definition) is 2. The fourth-order valence-electron chi connectivity index (χ4n) is 2.98. The molecule has 3 nitrogen and oxygen atoms in total. The van der Waals surface area contributed by atoms with Gasteiger partial charge >= 0.3 is 0 Å². The Bertz CT molecular complexity index is 264. The Balaban J connectivity index is 2.82. The minimum absolute atomic E-state index is 0.0205. The normalized spacial score (nSPS) is 42.0. The Kier molecular flexibility index (Phi) is 3.68. The fraction of sp³-hybridized carbons (Fsp3) is 0.750. The van der Waals surface area contributed by atoms with Crippen molar-refractivity contribution in [2.45, 2.75) is 39.2 Å². The van der Waals surface area contributed by atoms with E-state index < -0.39 is 0 Å². The molecule has 3 atom stereocenters. The minimum Gasteiger partial charge on any atom is -0.330 e. The summed E-state index contributed by atoms with van der Waals surface area (Å²) >= 11 is 0. The maximum atomic E-state index is 10.4. The van der Waals surface area contributed by atoms with Crippen LogP contribution >= 0.6 is 0 Å². The van der Waals surface area contributed by atoms with E-state index in [9.17, 15) is 4.79 Å². The van der Waals surface area contributed by atoms with Gasteiger partial charge in [0, 0.05) is 6.04 Å². The van der Waals surface area contributed by atoms with Crippen LogP contribution in [0, 0.1) is 10.8 Å². The van der Waals surface area contributed by atoms with E-state index in [0.717, 1.165) is 25.5 Å². The summed E-state index contributed by atoms with van der Waals surface area (Å²) in [4.78, 5) is 10.4. The van der Waals surface area contributed by atoms with Crippen LogP contribution in [0.3, 0.4) is 0 Å². The van der Waals surface area contributed by atoms with Gasteiger partial charge < -0.3 is 11.5 Å². The van der Waals surface area contributed by atoms with Gasteiger partial charge in [-0.2, -0.15) is 0 Å². The number of carbonyl (C=O) groups excluding carboxylic acids is 1. The van der Waals surface area contributed by atoms with Gasteiger partial charge in [0.25, 0.3) is 0 Å². The molecule has 0 aromatic rings. The molecule has 1 rings (SSSR count). The van der Waals surface area contributed by atoms with Gasteiger partial charge in [0.1, 0.15) is 6.29 Å². The third kappa shape index (κ3) is 3.14. The molecule has 4 N–H and O–H groups in total. The maximum Gasteiger partial charge on any atom is 0.142 e. The monoisotopic (exact) mass is 210 g/mol. The second kappa shape index (κ2) is 4.45. The first-order chi connectivity index (χ1) is 6.93. The number of hydrogen-bond acceptors (Lipinski definition) is 3. The number of rotatable bonds is 3. The summed E-state index contributed by atoms with van der Waals surface area (Å²) in [5, 5.41) is 0. The van der Waals surface area contributed by atoms with E-state index in [1.54, 1.807) is 6.08 Å². The zero-order chi connectivity index (χ0) is 11.5. The molecule has 0 aliphatic heterocycles. The van der Waals surface area contributed by atoms with E-state index in [0.29, 0.717) is 6.54 Å². The Labute approximate surface area is 91.9 Å². The van der Waals surface area contributed by atoms with E-state index >= 15 is 0 Å². The van der Waals surface area contributed by atoms with E-state index in [-0.39, 0.29) is 16.9 Å². The van der Waals surface area contributed by atoms with Gasteiger partial charge in [-0.15, -0.1) is 0 Å². The lowest BCUT2D eigenvalue weighted by Gasteiger charge is -2.45. The molecular weight excluding hydrogens is 188 g/mol. The molecule has 0 heterocycles. The van der Waals surface area contributed by atoms with E-state index in [2.05, 4.69) is 13.8 Å². The van der Waals surface area contributed by atoms with Gasteiger partial charge in [-0.3, -0.25) is 4.79 Å². The van der Waals surface area contributed by atoms with Crippen molar-refractivity contribution in [1.29, 1.82) is 0 Å². The van der Waals surface area contributed by atoms with Crippen molar-refractivity contribution >= 4 is 6.29 Å². The summed E-state index contributed by atoms with van der Waals surface area (Å²) in [6.45, 7) is 4.99. The molecule has 0 aromatic carbocycles. The zero-order valence-electron chi connectivity index (χ0n) is 9.70. The van der Waals surface area contributed by atoms with Crippen LogP contribution in [-0.2, 0) is 4.79 Å². The van der Waals surface area contributed by atoms with Crippen molar-refractivity contribution < 1.29 is 4.79 Å². The van der Waals surface area contributed by atoms with E-state index in [4.69, 9.17) is 11.5 Å². The van der Waals surface area contributed by atoms with Crippen LogP contribution in [0.2, 0.25) is 0 Å². The topological polar surface area (TPSA) is 69.1 Å². The van der Waals surface area contributed by atoms with E-state index in [1.165, 1.54) is 0 Å². The van der Waals surface area contributed by atoms with Gasteiger partial charge in [-0.25, -0.2) is 0 Å². The molecule has 1 fully saturated rings. The molecule has 86 valence electrons. The molecule has 0 spiro atoms. The highest BCUT2D eigenvalue weighted by Gasteiger charge is 2.40. The van der Waals surface area contributed by atoms with Gasteiger partial charge in [0.05, 0.1) is 0 Å². The summed E-state index contributed by atoms with van der Waals surface area (Å²) in [5.74, 6) is 0. The summed E-state index contributed by atoms with van der Waals surface area (Å²) in [5.41, 5.74) is 12.0. The predicted molar refractivity (Wildman–Crippen MR) is 62.3 cm³/mol. The van der Waals surface area contributed by atoms with Crippen molar-refractivity contribution in [3.63, 3.8) is 0 Å². The molecule has 0 aromatic heterocycles. The SMILES string of the molecule is CC1(/C=C\C=O)CC(N)CC(C)(CN)C1. The van der Waals surface area contributed by atoms with Crippen molar-refractivity contribution in [3.05, 3.63) is 12.2 Å². The highest BCUT2D eigenvalue weighted by atomic mass is 16.1. The standard InChI is InChI=1S/C12H22N2O/c1-11(4-3-5-15)6-10(14)7-12(2,8-11)9-13/h3-5,10H,6-9,13-14H2,1-2H3/b4-3-. The Morgan fingerprint density at radius 2 is 2.07 bits per heavy atom. The highest BCUT2D eigenvalue weighted by molar-refractivity contribution is 5.64. The average Bonchev–Trinajstić information content (AvgIpc) is 2.13. The average molecular weight is 210 g/mol. The lowest BCUT2D eigenvalue weighted by molar-refractivity contribution is -0.104. The van der Waals surface area contributed by atoms with Crippen molar-refractivity contribution in [3.8, 4) is 0 Å². The Morgan fingerprint density at radius 3 is 2.60 bits per heavy atom. The first-order valence-electron chi connectivity index (χ1n) is 5.52. The number of nitrogens with two attached hydrogens (primary N) is 2. The van der Waals surface area contributed by atoms with Crippen LogP contribution in [0.5, 0.6) is 0 Å². The summed E-state index contributed by atoms with van der Waals surface area (Å²) in [7, 11) is 0. The molecule has 3 heteroatoms. The van der Waals surface area contributed by atoms with Crippen LogP contribution in [0.4, 0.5) is 0 Å². The molecule has 0 bridgehead atoms. The zero-order valence-corrected chi connectivity index (χ0v) is 9.70. The molecule has 0 amide bonds. The molecular formula is C12H22N2O. The van der Waals surface area contributed by atoms with E-state index in [1.807, 2.05) is 6.08 Å². The number of carbonyl (C=O) groups is 1. The minimum atomic E-state index is 0.0205. The van der Waals surface area contributed by atoms with Crippen LogP contribution in [0.15, 0.2) is 12.2 Å². The van der Waals surface area contributed by atoms with Crippen molar-refractivity contribution in [1.82, 2.24) is 0 Å². The molecule has 3 unspecified atom stereocenters. The van der Waals surface area contributed by atoms with Crippen LogP contribution in [0.25, 0.3) is 0 Å². The molecule has 1 saturated carbocycles. The van der Waals surface area contributed by atoms with Crippen molar-refractivity contribution in [2.24, 2.45) is 22.3 Å². The molecule has 0 saturated heterocycles. The second-order valence-corrected chi connectivity index (χ2v) is 5.51.